The van der Waals surface area contributed by atoms with Gasteiger partial charge < -0.3 is 18.1 Å². The van der Waals surface area contributed by atoms with Crippen molar-refractivity contribution in [2.75, 3.05) is 44.7 Å². The van der Waals surface area contributed by atoms with Gasteiger partial charge in [0.1, 0.15) is 17.3 Å². The monoisotopic (exact) mass is 550 g/mol. The summed E-state index contributed by atoms with van der Waals surface area (Å²) in [5, 5.41) is 0. The van der Waals surface area contributed by atoms with Gasteiger partial charge in [-0.15, -0.1) is 0 Å². The van der Waals surface area contributed by atoms with Crippen LogP contribution in [0, 0.1) is 6.92 Å². The molecule has 188 valence electrons. The molecule has 0 bridgehead atoms. The Morgan fingerprint density at radius 3 is 2.16 bits per heavy atom. The first kappa shape index (κ1) is 32.3. The quantitative estimate of drug-likeness (QED) is 0.217. The SMILES string of the molecule is CCOP(=S)(OCC)Oc1cc(C)nc(C(C)C)n1.CC[S+]([O-])CCSP(=O)(OC)OC. The van der Waals surface area contributed by atoms with Crippen molar-refractivity contribution in [3.8, 4) is 5.88 Å². The predicted molar refractivity (Wildman–Crippen MR) is 137 cm³/mol. The summed E-state index contributed by atoms with van der Waals surface area (Å²) in [5.74, 6) is 3.05. The molecule has 0 radical (unpaired) electrons. The fourth-order valence-corrected chi connectivity index (χ4v) is 7.84. The standard InChI is InChI=1S/C12H21N2O3PS.C6H15O4PS2/c1-6-15-18(19,16-7-2)17-11-8-10(5)13-12(14-11)9(3)4;1-4-13(8)6-5-12-11(7,9-2)10-3/h8-9H,6-7H2,1-5H3;4-6H2,1-3H3. The molecule has 1 unspecified atom stereocenters. The van der Waals surface area contributed by atoms with Crippen molar-refractivity contribution in [1.29, 1.82) is 0 Å². The maximum absolute atomic E-state index is 11.4. The van der Waals surface area contributed by atoms with E-state index in [1.165, 1.54) is 14.2 Å². The first-order valence-electron chi connectivity index (χ1n) is 10.1. The molecular formula is C18H36N2O7P2S3. The van der Waals surface area contributed by atoms with Crippen LogP contribution < -0.4 is 4.52 Å². The molecule has 1 atom stereocenters. The minimum Gasteiger partial charge on any atom is -0.616 e. The molecule has 1 heterocycles. The van der Waals surface area contributed by atoms with Crippen LogP contribution in [0.25, 0.3) is 0 Å². The van der Waals surface area contributed by atoms with Crippen LogP contribution in [0.15, 0.2) is 6.07 Å². The zero-order chi connectivity index (χ0) is 24.8. The third kappa shape index (κ3) is 13.2. The van der Waals surface area contributed by atoms with Crippen molar-refractivity contribution in [1.82, 2.24) is 9.97 Å². The highest BCUT2D eigenvalue weighted by Crippen LogP contribution is 2.59. The molecule has 0 aromatic carbocycles. The van der Waals surface area contributed by atoms with E-state index in [-0.39, 0.29) is 5.92 Å². The van der Waals surface area contributed by atoms with Crippen molar-refractivity contribution in [3.05, 3.63) is 17.6 Å². The maximum atomic E-state index is 11.4. The van der Waals surface area contributed by atoms with E-state index in [1.54, 1.807) is 6.07 Å². The Morgan fingerprint density at radius 2 is 1.72 bits per heavy atom. The third-order valence-electron chi connectivity index (χ3n) is 3.47. The van der Waals surface area contributed by atoms with E-state index in [2.05, 4.69) is 9.97 Å². The van der Waals surface area contributed by atoms with Gasteiger partial charge in [0, 0.05) is 49.5 Å². The van der Waals surface area contributed by atoms with Gasteiger partial charge in [-0.2, -0.15) is 4.98 Å². The third-order valence-corrected chi connectivity index (χ3v) is 11.4. The highest BCUT2D eigenvalue weighted by Gasteiger charge is 2.23. The zero-order valence-electron chi connectivity index (χ0n) is 20.1. The molecule has 0 saturated carbocycles. The fraction of sp³-hybridized carbons (Fsp3) is 0.778. The van der Waals surface area contributed by atoms with E-state index < -0.39 is 24.7 Å². The molecule has 1 aromatic rings. The number of hydrogen-bond donors (Lipinski definition) is 0. The smallest absolute Gasteiger partial charge is 0.388 e. The lowest BCUT2D eigenvalue weighted by atomic mass is 10.2. The Labute approximate surface area is 204 Å². The molecular weight excluding hydrogens is 514 g/mol. The summed E-state index contributed by atoms with van der Waals surface area (Å²) < 4.78 is 48.4. The first-order valence-corrected chi connectivity index (χ1v) is 17.3. The van der Waals surface area contributed by atoms with Gasteiger partial charge in [-0.05, 0) is 39.1 Å². The molecule has 0 saturated heterocycles. The second-order valence-electron chi connectivity index (χ2n) is 6.31. The number of aromatic nitrogens is 2. The summed E-state index contributed by atoms with van der Waals surface area (Å²) in [6, 6.07) is 1.74. The summed E-state index contributed by atoms with van der Waals surface area (Å²) in [4.78, 5) is 8.71. The molecule has 0 fully saturated rings. The topological polar surface area (TPSA) is 112 Å². The Hall–Kier alpha value is 0.260. The van der Waals surface area contributed by atoms with E-state index in [0.717, 1.165) is 22.9 Å². The van der Waals surface area contributed by atoms with E-state index in [4.69, 9.17) is 34.4 Å². The van der Waals surface area contributed by atoms with Crippen LogP contribution in [0.1, 0.15) is 52.1 Å². The summed E-state index contributed by atoms with van der Waals surface area (Å²) in [6.45, 7) is 6.67. The molecule has 32 heavy (non-hydrogen) atoms. The number of aryl methyl sites for hydroxylation is 1. The van der Waals surface area contributed by atoms with Gasteiger partial charge >= 0.3 is 13.5 Å². The fourth-order valence-electron chi connectivity index (χ4n) is 1.95. The molecule has 1 rings (SSSR count). The molecule has 0 N–H and O–H groups in total. The van der Waals surface area contributed by atoms with Gasteiger partial charge in [0.2, 0.25) is 5.88 Å². The summed E-state index contributed by atoms with van der Waals surface area (Å²) in [5.41, 5.74) is 0.836. The van der Waals surface area contributed by atoms with E-state index in [1.807, 2.05) is 41.5 Å². The number of nitrogens with zero attached hydrogens (tertiary/aromatic N) is 2. The van der Waals surface area contributed by atoms with Crippen molar-refractivity contribution in [2.24, 2.45) is 0 Å². The van der Waals surface area contributed by atoms with Gasteiger partial charge in [-0.25, -0.2) is 9.55 Å². The second kappa shape index (κ2) is 16.8. The summed E-state index contributed by atoms with van der Waals surface area (Å²) >= 11 is 5.59. The van der Waals surface area contributed by atoms with Gasteiger partial charge in [0.25, 0.3) is 0 Å². The minimum absolute atomic E-state index is 0.222. The van der Waals surface area contributed by atoms with Crippen LogP contribution >= 0.6 is 24.9 Å². The van der Waals surface area contributed by atoms with Crippen LogP contribution in [0.3, 0.4) is 0 Å². The first-order chi connectivity index (χ1) is 15.0. The molecule has 14 heteroatoms. The highest BCUT2D eigenvalue weighted by molar-refractivity contribution is 8.55. The van der Waals surface area contributed by atoms with Gasteiger partial charge in [-0.3, -0.25) is 9.05 Å². The molecule has 0 aliphatic heterocycles. The number of hydrogen-bond acceptors (Lipinski definition) is 11. The van der Waals surface area contributed by atoms with Crippen LogP contribution in [-0.4, -0.2) is 59.2 Å². The Morgan fingerprint density at radius 1 is 1.16 bits per heavy atom. The normalized spacial score (nSPS) is 12.9. The largest absolute Gasteiger partial charge is 0.616 e. The van der Waals surface area contributed by atoms with E-state index in [0.29, 0.717) is 36.4 Å². The van der Waals surface area contributed by atoms with Crippen LogP contribution in [0.2, 0.25) is 0 Å². The molecule has 1 aromatic heterocycles. The lowest BCUT2D eigenvalue weighted by Gasteiger charge is -2.20. The van der Waals surface area contributed by atoms with Crippen LogP contribution in [-0.2, 0) is 45.6 Å². The van der Waals surface area contributed by atoms with Crippen molar-refractivity contribution in [3.63, 3.8) is 0 Å². The van der Waals surface area contributed by atoms with Gasteiger partial charge in [0.15, 0.2) is 0 Å². The van der Waals surface area contributed by atoms with Crippen molar-refractivity contribution >= 4 is 47.9 Å². The molecule has 9 nitrogen and oxygen atoms in total. The van der Waals surface area contributed by atoms with Gasteiger partial charge in [0.05, 0.1) is 13.2 Å². The summed E-state index contributed by atoms with van der Waals surface area (Å²) in [6.07, 6.45) is 0. The lowest BCUT2D eigenvalue weighted by Crippen LogP contribution is -2.10. The molecule has 0 aliphatic rings. The average molecular weight is 551 g/mol. The molecule has 0 spiro atoms. The van der Waals surface area contributed by atoms with E-state index in [9.17, 15) is 9.12 Å². The Kier molecular flexibility index (Phi) is 17.0. The molecule has 0 aliphatic carbocycles. The van der Waals surface area contributed by atoms with Crippen LogP contribution in [0.4, 0.5) is 0 Å². The number of rotatable bonds is 14. The minimum atomic E-state index is -2.97. The highest BCUT2D eigenvalue weighted by atomic mass is 32.7. The molecule has 0 amide bonds. The Bertz CT molecular complexity index is 741. The van der Waals surface area contributed by atoms with Crippen molar-refractivity contribution < 1.29 is 31.7 Å². The zero-order valence-corrected chi connectivity index (χ0v) is 24.3. The van der Waals surface area contributed by atoms with E-state index >= 15 is 0 Å². The Balaban J connectivity index is 0.000000649. The van der Waals surface area contributed by atoms with Gasteiger partial charge in [-0.1, -0.05) is 25.0 Å². The lowest BCUT2D eigenvalue weighted by molar-refractivity contribution is 0.215. The van der Waals surface area contributed by atoms with Crippen molar-refractivity contribution in [2.45, 2.75) is 47.5 Å². The maximum Gasteiger partial charge on any atom is 0.388 e. The predicted octanol–water partition coefficient (Wildman–Crippen LogP) is 5.47. The van der Waals surface area contributed by atoms with Crippen LogP contribution in [0.5, 0.6) is 5.88 Å². The average Bonchev–Trinajstić information content (AvgIpc) is 2.73. The second-order valence-corrected chi connectivity index (χ2v) is 15.5. The summed E-state index contributed by atoms with van der Waals surface area (Å²) in [7, 11) is 2.68.